The average molecular weight is 263 g/mol. The minimum Gasteiger partial charge on any atom is -0.480 e. The lowest BCUT2D eigenvalue weighted by Gasteiger charge is -2.58. The van der Waals surface area contributed by atoms with E-state index >= 15 is 0 Å². The van der Waals surface area contributed by atoms with Crippen LogP contribution in [0, 0.1) is 29.6 Å². The Hall–Kier alpha value is -0.570. The molecule has 5 rings (SSSR count). The molecule has 19 heavy (non-hydrogen) atoms. The Morgan fingerprint density at radius 3 is 2.00 bits per heavy atom. The van der Waals surface area contributed by atoms with E-state index in [1.165, 1.54) is 32.1 Å². The number of rotatable bonds is 4. The monoisotopic (exact) mass is 263 g/mol. The summed E-state index contributed by atoms with van der Waals surface area (Å²) in [6.07, 6.45) is 8.95. The molecular formula is C16H25NO2. The third-order valence-electron chi connectivity index (χ3n) is 6.42. The van der Waals surface area contributed by atoms with Gasteiger partial charge in [-0.25, -0.2) is 0 Å². The van der Waals surface area contributed by atoms with Crippen molar-refractivity contribution in [1.29, 1.82) is 0 Å². The molecule has 5 aliphatic carbocycles. The Morgan fingerprint density at radius 1 is 1.05 bits per heavy atom. The van der Waals surface area contributed by atoms with Crippen LogP contribution in [0.25, 0.3) is 0 Å². The summed E-state index contributed by atoms with van der Waals surface area (Å²) in [6, 6.07) is 0.471. The van der Waals surface area contributed by atoms with E-state index < -0.39 is 11.5 Å². The van der Waals surface area contributed by atoms with Crippen molar-refractivity contribution >= 4 is 5.97 Å². The van der Waals surface area contributed by atoms with Crippen molar-refractivity contribution in [3.05, 3.63) is 0 Å². The highest BCUT2D eigenvalue weighted by Gasteiger charge is 2.57. The molecule has 2 N–H and O–H groups in total. The van der Waals surface area contributed by atoms with Crippen molar-refractivity contribution in [2.45, 2.75) is 63.5 Å². The highest BCUT2D eigenvalue weighted by Crippen LogP contribution is 2.59. The molecule has 5 fully saturated rings. The van der Waals surface area contributed by atoms with Gasteiger partial charge < -0.3 is 5.11 Å². The third kappa shape index (κ3) is 1.84. The third-order valence-corrected chi connectivity index (χ3v) is 6.42. The smallest absolute Gasteiger partial charge is 0.323 e. The Labute approximate surface area is 115 Å². The van der Waals surface area contributed by atoms with Gasteiger partial charge in [0.05, 0.1) is 0 Å². The Bertz CT molecular complexity index is 376. The van der Waals surface area contributed by atoms with Crippen molar-refractivity contribution in [3.63, 3.8) is 0 Å². The molecule has 0 aromatic rings. The van der Waals surface area contributed by atoms with Gasteiger partial charge in [-0.2, -0.15) is 0 Å². The van der Waals surface area contributed by atoms with E-state index in [9.17, 15) is 9.90 Å². The molecule has 0 aliphatic heterocycles. The summed E-state index contributed by atoms with van der Waals surface area (Å²) in [5, 5.41) is 13.3. The van der Waals surface area contributed by atoms with Gasteiger partial charge in [-0.05, 0) is 81.5 Å². The van der Waals surface area contributed by atoms with Crippen LogP contribution in [0.3, 0.4) is 0 Å². The summed E-state index contributed by atoms with van der Waals surface area (Å²) in [5.74, 6) is 2.93. The minimum absolute atomic E-state index is 0.374. The SMILES string of the molecule is CC(NC1CC1)(C(=O)O)C1C2CC3CC(C2)CC1C3. The molecule has 3 nitrogen and oxygen atoms in total. The lowest BCUT2D eigenvalue weighted by Crippen LogP contribution is -2.63. The maximum absolute atomic E-state index is 11.9. The van der Waals surface area contributed by atoms with E-state index in [0.717, 1.165) is 24.7 Å². The molecular weight excluding hydrogens is 238 g/mol. The summed E-state index contributed by atoms with van der Waals surface area (Å²) in [7, 11) is 0. The van der Waals surface area contributed by atoms with Gasteiger partial charge in [0.25, 0.3) is 0 Å². The molecule has 0 spiro atoms. The summed E-state index contributed by atoms with van der Waals surface area (Å²) < 4.78 is 0. The number of nitrogens with one attached hydrogen (secondary N) is 1. The topological polar surface area (TPSA) is 49.3 Å². The van der Waals surface area contributed by atoms with Crippen LogP contribution >= 0.6 is 0 Å². The van der Waals surface area contributed by atoms with Crippen LogP contribution in [0.4, 0.5) is 0 Å². The zero-order valence-corrected chi connectivity index (χ0v) is 11.8. The van der Waals surface area contributed by atoms with Crippen molar-refractivity contribution in [1.82, 2.24) is 5.32 Å². The first kappa shape index (κ1) is 12.2. The molecule has 0 aromatic heterocycles. The van der Waals surface area contributed by atoms with Gasteiger partial charge in [-0.3, -0.25) is 10.1 Å². The molecule has 5 saturated carbocycles. The van der Waals surface area contributed by atoms with E-state index in [-0.39, 0.29) is 0 Å². The molecule has 0 saturated heterocycles. The Morgan fingerprint density at radius 2 is 1.58 bits per heavy atom. The van der Waals surface area contributed by atoms with Crippen LogP contribution < -0.4 is 5.32 Å². The van der Waals surface area contributed by atoms with Gasteiger partial charge >= 0.3 is 5.97 Å². The van der Waals surface area contributed by atoms with Crippen LogP contribution in [-0.4, -0.2) is 22.7 Å². The van der Waals surface area contributed by atoms with Crippen molar-refractivity contribution in [2.24, 2.45) is 29.6 Å². The summed E-state index contributed by atoms with van der Waals surface area (Å²) in [4.78, 5) is 11.9. The number of hydrogen-bond donors (Lipinski definition) is 2. The van der Waals surface area contributed by atoms with E-state index in [4.69, 9.17) is 0 Å². The van der Waals surface area contributed by atoms with E-state index in [1.807, 2.05) is 6.92 Å². The summed E-state index contributed by atoms with van der Waals surface area (Å²) >= 11 is 0. The minimum atomic E-state index is -0.677. The highest BCUT2D eigenvalue weighted by atomic mass is 16.4. The normalized spacial score (nSPS) is 47.1. The van der Waals surface area contributed by atoms with E-state index in [2.05, 4.69) is 5.32 Å². The van der Waals surface area contributed by atoms with Crippen LogP contribution in [0.5, 0.6) is 0 Å². The Balaban J connectivity index is 1.63. The lowest BCUT2D eigenvalue weighted by atomic mass is 9.48. The fourth-order valence-corrected chi connectivity index (χ4v) is 5.82. The second-order valence-corrected chi connectivity index (χ2v) is 7.88. The van der Waals surface area contributed by atoms with E-state index in [0.29, 0.717) is 23.8 Å². The first-order valence-electron chi connectivity index (χ1n) is 8.07. The largest absolute Gasteiger partial charge is 0.480 e. The molecule has 1 unspecified atom stereocenters. The molecule has 0 radical (unpaired) electrons. The maximum atomic E-state index is 11.9. The van der Waals surface area contributed by atoms with Crippen molar-refractivity contribution in [2.75, 3.05) is 0 Å². The zero-order valence-electron chi connectivity index (χ0n) is 11.8. The van der Waals surface area contributed by atoms with Gasteiger partial charge in [0.15, 0.2) is 0 Å². The number of aliphatic carboxylic acids is 1. The van der Waals surface area contributed by atoms with Crippen molar-refractivity contribution in [3.8, 4) is 0 Å². The predicted molar refractivity (Wildman–Crippen MR) is 72.7 cm³/mol. The van der Waals surface area contributed by atoms with Gasteiger partial charge in [-0.15, -0.1) is 0 Å². The molecule has 0 heterocycles. The van der Waals surface area contributed by atoms with Gasteiger partial charge in [0.2, 0.25) is 0 Å². The first-order chi connectivity index (χ1) is 9.06. The maximum Gasteiger partial charge on any atom is 0.323 e. The van der Waals surface area contributed by atoms with Gasteiger partial charge in [0, 0.05) is 6.04 Å². The number of hydrogen-bond acceptors (Lipinski definition) is 2. The van der Waals surface area contributed by atoms with Crippen LogP contribution in [-0.2, 0) is 4.79 Å². The molecule has 1 atom stereocenters. The molecule has 4 bridgehead atoms. The fraction of sp³-hybridized carbons (Fsp3) is 0.938. The predicted octanol–water partition coefficient (Wildman–Crippen LogP) is 2.65. The highest BCUT2D eigenvalue weighted by molar-refractivity contribution is 5.79. The van der Waals surface area contributed by atoms with Gasteiger partial charge in [0.1, 0.15) is 5.54 Å². The molecule has 0 amide bonds. The van der Waals surface area contributed by atoms with Crippen LogP contribution in [0.1, 0.15) is 51.9 Å². The summed E-state index contributed by atoms with van der Waals surface area (Å²) in [6.45, 7) is 1.97. The van der Waals surface area contributed by atoms with Crippen LogP contribution in [0.15, 0.2) is 0 Å². The molecule has 106 valence electrons. The van der Waals surface area contributed by atoms with E-state index in [1.54, 1.807) is 0 Å². The standard InChI is InChI=1S/C16H25NO2/c1-16(15(18)19,17-13-2-3-13)14-11-5-9-4-10(7-11)8-12(14)6-9/h9-14,17H,2-8H2,1H3,(H,18,19). The molecule has 0 aromatic carbocycles. The fourth-order valence-electron chi connectivity index (χ4n) is 5.82. The second kappa shape index (κ2) is 3.97. The summed E-state index contributed by atoms with van der Waals surface area (Å²) in [5.41, 5.74) is -0.677. The number of carboxylic acids is 1. The number of carbonyl (C=O) groups is 1. The second-order valence-electron chi connectivity index (χ2n) is 7.88. The molecule has 5 aliphatic rings. The quantitative estimate of drug-likeness (QED) is 0.820. The lowest BCUT2D eigenvalue weighted by molar-refractivity contribution is -0.156. The Kier molecular flexibility index (Phi) is 2.55. The zero-order chi connectivity index (χ0) is 13.2. The van der Waals surface area contributed by atoms with Crippen molar-refractivity contribution < 1.29 is 9.90 Å². The first-order valence-corrected chi connectivity index (χ1v) is 8.07. The molecule has 3 heteroatoms. The van der Waals surface area contributed by atoms with Crippen LogP contribution in [0.2, 0.25) is 0 Å². The number of carboxylic acid groups (broad SMARTS) is 1. The average Bonchev–Trinajstić information content (AvgIpc) is 3.10. The van der Waals surface area contributed by atoms with Gasteiger partial charge in [-0.1, -0.05) is 0 Å².